The van der Waals surface area contributed by atoms with E-state index in [1.807, 2.05) is 18.2 Å². The molecule has 0 unspecified atom stereocenters. The highest BCUT2D eigenvalue weighted by Crippen LogP contribution is 2.42. The maximum atomic E-state index is 8.91. The smallest absolute Gasteiger partial charge is 0.0681 e. The zero-order valence-corrected chi connectivity index (χ0v) is 6.96. The molecule has 0 atom stereocenters. The first-order valence-corrected chi connectivity index (χ1v) is 4.30. The van der Waals surface area contributed by atoms with E-state index in [1.54, 1.807) is 0 Å². The van der Waals surface area contributed by atoms with E-state index in [1.165, 1.54) is 18.4 Å². The molecule has 0 amide bonds. The van der Waals surface area contributed by atoms with Crippen LogP contribution in [0.15, 0.2) is 18.2 Å². The molecule has 0 saturated heterocycles. The summed E-state index contributed by atoms with van der Waals surface area (Å²) in [6, 6.07) is 5.79. The Hall–Kier alpha value is -1.02. The Morgan fingerprint density at radius 2 is 2.17 bits per heavy atom. The molecule has 0 radical (unpaired) electrons. The van der Waals surface area contributed by atoms with E-state index in [0.29, 0.717) is 5.92 Å². The molecule has 12 heavy (non-hydrogen) atoms. The van der Waals surface area contributed by atoms with Gasteiger partial charge in [0, 0.05) is 5.69 Å². The molecule has 1 fully saturated rings. The molecule has 3 N–H and O–H groups in total. The number of aliphatic hydroxyl groups excluding tert-OH is 1. The molecule has 1 aliphatic rings. The average Bonchev–Trinajstić information content (AvgIpc) is 2.88. The van der Waals surface area contributed by atoms with Crippen LogP contribution in [0.5, 0.6) is 0 Å². The van der Waals surface area contributed by atoms with Gasteiger partial charge in [-0.15, -0.1) is 0 Å². The Balaban J connectivity index is 2.36. The summed E-state index contributed by atoms with van der Waals surface area (Å²) in [5.41, 5.74) is 8.86. The van der Waals surface area contributed by atoms with Crippen molar-refractivity contribution in [2.45, 2.75) is 25.4 Å². The van der Waals surface area contributed by atoms with E-state index >= 15 is 0 Å². The summed E-state index contributed by atoms with van der Waals surface area (Å²) >= 11 is 0. The quantitative estimate of drug-likeness (QED) is 0.651. The zero-order chi connectivity index (χ0) is 8.55. The Kier molecular flexibility index (Phi) is 1.77. The van der Waals surface area contributed by atoms with Crippen LogP contribution in [-0.2, 0) is 6.61 Å². The van der Waals surface area contributed by atoms with Crippen molar-refractivity contribution in [3.8, 4) is 0 Å². The number of anilines is 1. The average molecular weight is 163 g/mol. The standard InChI is InChI=1S/C10H13NO/c11-10-4-1-7(6-12)5-9(10)8-2-3-8/h1,4-5,8,12H,2-3,6,11H2. The van der Waals surface area contributed by atoms with Gasteiger partial charge < -0.3 is 10.8 Å². The SMILES string of the molecule is Nc1ccc(CO)cc1C1CC1. The van der Waals surface area contributed by atoms with Gasteiger partial charge in [0.2, 0.25) is 0 Å². The summed E-state index contributed by atoms with van der Waals surface area (Å²) in [5, 5.41) is 8.91. The minimum atomic E-state index is 0.111. The molecule has 0 aromatic heterocycles. The zero-order valence-electron chi connectivity index (χ0n) is 6.96. The molecule has 2 nitrogen and oxygen atoms in total. The van der Waals surface area contributed by atoms with E-state index in [4.69, 9.17) is 10.8 Å². The first-order chi connectivity index (χ1) is 5.81. The number of hydrogen-bond donors (Lipinski definition) is 2. The van der Waals surface area contributed by atoms with Crippen LogP contribution in [-0.4, -0.2) is 5.11 Å². The fourth-order valence-corrected chi connectivity index (χ4v) is 1.47. The third-order valence-electron chi connectivity index (χ3n) is 2.35. The van der Waals surface area contributed by atoms with Crippen LogP contribution in [0.1, 0.15) is 29.9 Å². The summed E-state index contributed by atoms with van der Waals surface area (Å²) < 4.78 is 0. The molecule has 2 rings (SSSR count). The molecule has 1 saturated carbocycles. The lowest BCUT2D eigenvalue weighted by Gasteiger charge is -2.05. The van der Waals surface area contributed by atoms with Gasteiger partial charge in [0.15, 0.2) is 0 Å². The van der Waals surface area contributed by atoms with E-state index in [-0.39, 0.29) is 6.61 Å². The van der Waals surface area contributed by atoms with Gasteiger partial charge in [0.25, 0.3) is 0 Å². The molecule has 0 bridgehead atoms. The maximum absolute atomic E-state index is 8.91. The monoisotopic (exact) mass is 163 g/mol. The summed E-state index contributed by atoms with van der Waals surface area (Å²) in [6.07, 6.45) is 2.50. The molecular weight excluding hydrogens is 150 g/mol. The highest BCUT2D eigenvalue weighted by Gasteiger charge is 2.25. The first-order valence-electron chi connectivity index (χ1n) is 4.30. The van der Waals surface area contributed by atoms with Crippen molar-refractivity contribution >= 4 is 5.69 Å². The lowest BCUT2D eigenvalue weighted by Crippen LogP contribution is -1.94. The third-order valence-corrected chi connectivity index (χ3v) is 2.35. The summed E-state index contributed by atoms with van der Waals surface area (Å²) in [4.78, 5) is 0. The van der Waals surface area contributed by atoms with Crippen LogP contribution in [0.25, 0.3) is 0 Å². The maximum Gasteiger partial charge on any atom is 0.0681 e. The fourth-order valence-electron chi connectivity index (χ4n) is 1.47. The Morgan fingerprint density at radius 1 is 1.42 bits per heavy atom. The fraction of sp³-hybridized carbons (Fsp3) is 0.400. The number of hydrogen-bond acceptors (Lipinski definition) is 2. The van der Waals surface area contributed by atoms with Crippen LogP contribution < -0.4 is 5.73 Å². The number of nitrogen functional groups attached to an aromatic ring is 1. The molecule has 1 aromatic rings. The van der Waals surface area contributed by atoms with E-state index in [2.05, 4.69) is 0 Å². The van der Waals surface area contributed by atoms with Gasteiger partial charge >= 0.3 is 0 Å². The summed E-state index contributed by atoms with van der Waals surface area (Å²) in [5.74, 6) is 0.663. The topological polar surface area (TPSA) is 46.2 Å². The van der Waals surface area contributed by atoms with E-state index < -0.39 is 0 Å². The van der Waals surface area contributed by atoms with Crippen molar-refractivity contribution in [2.75, 3.05) is 5.73 Å². The summed E-state index contributed by atoms with van der Waals surface area (Å²) in [7, 11) is 0. The van der Waals surface area contributed by atoms with Crippen molar-refractivity contribution in [3.05, 3.63) is 29.3 Å². The molecule has 1 aliphatic carbocycles. The largest absolute Gasteiger partial charge is 0.398 e. The highest BCUT2D eigenvalue weighted by molar-refractivity contribution is 5.51. The Morgan fingerprint density at radius 3 is 2.75 bits per heavy atom. The molecular formula is C10H13NO. The minimum Gasteiger partial charge on any atom is -0.398 e. The molecule has 2 heteroatoms. The van der Waals surface area contributed by atoms with Crippen LogP contribution in [0, 0.1) is 0 Å². The number of rotatable bonds is 2. The molecule has 0 heterocycles. The molecule has 0 aliphatic heterocycles. The van der Waals surface area contributed by atoms with Crippen molar-refractivity contribution in [1.29, 1.82) is 0 Å². The van der Waals surface area contributed by atoms with Gasteiger partial charge in [-0.3, -0.25) is 0 Å². The number of benzene rings is 1. The van der Waals surface area contributed by atoms with Crippen molar-refractivity contribution in [2.24, 2.45) is 0 Å². The Bertz CT molecular complexity index is 292. The predicted octanol–water partition coefficient (Wildman–Crippen LogP) is 1.64. The van der Waals surface area contributed by atoms with Crippen LogP contribution in [0.4, 0.5) is 5.69 Å². The van der Waals surface area contributed by atoms with E-state index in [0.717, 1.165) is 11.3 Å². The lowest BCUT2D eigenvalue weighted by atomic mass is 10.1. The van der Waals surface area contributed by atoms with Gasteiger partial charge in [-0.2, -0.15) is 0 Å². The van der Waals surface area contributed by atoms with Gasteiger partial charge in [-0.1, -0.05) is 12.1 Å². The number of nitrogens with two attached hydrogens (primary N) is 1. The van der Waals surface area contributed by atoms with Crippen molar-refractivity contribution < 1.29 is 5.11 Å². The van der Waals surface area contributed by atoms with Crippen molar-refractivity contribution in [3.63, 3.8) is 0 Å². The van der Waals surface area contributed by atoms with Crippen LogP contribution in [0.3, 0.4) is 0 Å². The highest BCUT2D eigenvalue weighted by atomic mass is 16.3. The molecule has 0 spiro atoms. The van der Waals surface area contributed by atoms with Crippen LogP contribution in [0.2, 0.25) is 0 Å². The summed E-state index contributed by atoms with van der Waals surface area (Å²) in [6.45, 7) is 0.111. The first kappa shape index (κ1) is 7.62. The second kappa shape index (κ2) is 2.79. The predicted molar refractivity (Wildman–Crippen MR) is 48.8 cm³/mol. The molecule has 1 aromatic carbocycles. The van der Waals surface area contributed by atoms with Gasteiger partial charge in [-0.05, 0) is 36.0 Å². The third kappa shape index (κ3) is 1.30. The van der Waals surface area contributed by atoms with E-state index in [9.17, 15) is 0 Å². The van der Waals surface area contributed by atoms with Crippen LogP contribution >= 0.6 is 0 Å². The Labute approximate surface area is 72.0 Å². The lowest BCUT2D eigenvalue weighted by molar-refractivity contribution is 0.282. The van der Waals surface area contributed by atoms with Gasteiger partial charge in [-0.25, -0.2) is 0 Å². The second-order valence-electron chi connectivity index (χ2n) is 3.40. The number of aliphatic hydroxyl groups is 1. The minimum absolute atomic E-state index is 0.111. The second-order valence-corrected chi connectivity index (χ2v) is 3.40. The van der Waals surface area contributed by atoms with Crippen molar-refractivity contribution in [1.82, 2.24) is 0 Å². The van der Waals surface area contributed by atoms with Gasteiger partial charge in [0.1, 0.15) is 0 Å². The normalized spacial score (nSPS) is 16.4. The van der Waals surface area contributed by atoms with Gasteiger partial charge in [0.05, 0.1) is 6.61 Å². The molecule has 64 valence electrons.